The quantitative estimate of drug-likeness (QED) is 0.192. The van der Waals surface area contributed by atoms with Gasteiger partial charge in [0.05, 0.1) is 16.6 Å². The first-order valence-corrected chi connectivity index (χ1v) is 16.4. The van der Waals surface area contributed by atoms with Crippen molar-refractivity contribution < 1.29 is 8.42 Å². The zero-order valence-corrected chi connectivity index (χ0v) is 25.1. The van der Waals surface area contributed by atoms with E-state index in [0.717, 1.165) is 61.2 Å². The highest BCUT2D eigenvalue weighted by molar-refractivity contribution is 7.90. The SMILES string of the molecule is Cc1ccc(S(=O)(=O)n2ccc3c2ncc2ncc(C4CCC(N(Cc5ccccc5)Cc5ccccc5)CC4)n23)cc1. The molecule has 0 saturated heterocycles. The fraction of sp³-hybridized carbons (Fsp3) is 0.257. The summed E-state index contributed by atoms with van der Waals surface area (Å²) in [4.78, 5) is 12.1. The fourth-order valence-electron chi connectivity index (χ4n) is 6.54. The van der Waals surface area contributed by atoms with Crippen molar-refractivity contribution in [1.29, 1.82) is 0 Å². The molecule has 0 amide bonds. The van der Waals surface area contributed by atoms with Gasteiger partial charge in [-0.05, 0) is 61.9 Å². The monoisotopic (exact) mass is 589 g/mol. The van der Waals surface area contributed by atoms with Crippen LogP contribution in [0.1, 0.15) is 54.0 Å². The molecule has 0 N–H and O–H groups in total. The van der Waals surface area contributed by atoms with Crippen LogP contribution in [0, 0.1) is 6.92 Å². The van der Waals surface area contributed by atoms with E-state index in [1.807, 2.05) is 31.3 Å². The summed E-state index contributed by atoms with van der Waals surface area (Å²) in [6.07, 6.45) is 9.52. The minimum Gasteiger partial charge on any atom is -0.292 e. The Hall–Kier alpha value is -4.27. The molecule has 0 aliphatic heterocycles. The summed E-state index contributed by atoms with van der Waals surface area (Å²) in [6.45, 7) is 3.80. The molecule has 6 aromatic rings. The summed E-state index contributed by atoms with van der Waals surface area (Å²) in [5, 5.41) is 0. The van der Waals surface area contributed by atoms with Gasteiger partial charge in [-0.25, -0.2) is 22.4 Å². The lowest BCUT2D eigenvalue weighted by molar-refractivity contribution is 0.133. The number of hydrogen-bond donors (Lipinski definition) is 0. The smallest absolute Gasteiger partial charge is 0.269 e. The number of hydrogen-bond acceptors (Lipinski definition) is 5. The van der Waals surface area contributed by atoms with Crippen molar-refractivity contribution in [3.8, 4) is 0 Å². The molecule has 1 aliphatic carbocycles. The highest BCUT2D eigenvalue weighted by atomic mass is 32.2. The van der Waals surface area contributed by atoms with Crippen LogP contribution in [0.25, 0.3) is 16.8 Å². The van der Waals surface area contributed by atoms with E-state index in [-0.39, 0.29) is 4.90 Å². The molecule has 0 unspecified atom stereocenters. The van der Waals surface area contributed by atoms with E-state index in [0.29, 0.717) is 17.6 Å². The predicted molar refractivity (Wildman–Crippen MR) is 169 cm³/mol. The number of aromatic nitrogens is 4. The van der Waals surface area contributed by atoms with E-state index in [1.165, 1.54) is 15.1 Å². The van der Waals surface area contributed by atoms with Crippen LogP contribution in [0.5, 0.6) is 0 Å². The van der Waals surface area contributed by atoms with Crippen LogP contribution in [0.4, 0.5) is 0 Å². The predicted octanol–water partition coefficient (Wildman–Crippen LogP) is 6.96. The molecule has 0 bridgehead atoms. The Balaban J connectivity index is 1.15. The number of imidazole rings is 1. The fourth-order valence-corrected chi connectivity index (χ4v) is 7.84. The van der Waals surface area contributed by atoms with Crippen molar-refractivity contribution in [3.63, 3.8) is 0 Å². The molecule has 3 aromatic carbocycles. The highest BCUT2D eigenvalue weighted by Crippen LogP contribution is 2.37. The van der Waals surface area contributed by atoms with Gasteiger partial charge < -0.3 is 0 Å². The Labute approximate surface area is 252 Å². The second-order valence-corrected chi connectivity index (χ2v) is 13.5. The van der Waals surface area contributed by atoms with Crippen molar-refractivity contribution in [2.45, 2.75) is 62.6 Å². The third-order valence-electron chi connectivity index (χ3n) is 8.83. The number of fused-ring (bicyclic) bond motifs is 3. The molecule has 3 aromatic heterocycles. The first kappa shape index (κ1) is 27.6. The van der Waals surface area contributed by atoms with E-state index < -0.39 is 10.0 Å². The molecule has 0 atom stereocenters. The molecule has 43 heavy (non-hydrogen) atoms. The van der Waals surface area contributed by atoms with Crippen LogP contribution in [-0.2, 0) is 23.1 Å². The third-order valence-corrected chi connectivity index (χ3v) is 10.5. The third kappa shape index (κ3) is 5.37. The number of rotatable bonds is 8. The average Bonchev–Trinajstić information content (AvgIpc) is 3.67. The summed E-state index contributed by atoms with van der Waals surface area (Å²) < 4.78 is 30.5. The van der Waals surface area contributed by atoms with Gasteiger partial charge >= 0.3 is 0 Å². The first-order valence-electron chi connectivity index (χ1n) is 14.9. The Morgan fingerprint density at radius 2 is 1.40 bits per heavy atom. The maximum atomic E-state index is 13.5. The molecule has 8 heteroatoms. The molecule has 0 spiro atoms. The standard InChI is InChI=1S/C35H35N5O2S/c1-26-12-18-31(19-13-26)43(41,42)39-21-20-32-35(39)37-23-34-36-22-33(40(32)34)29-14-16-30(17-15-29)38(24-27-8-4-2-5-9-27)25-28-10-6-3-7-11-28/h2-13,18-23,29-30H,14-17,24-25H2,1H3. The van der Waals surface area contributed by atoms with Crippen LogP contribution in [0.2, 0.25) is 0 Å². The van der Waals surface area contributed by atoms with Crippen molar-refractivity contribution in [1.82, 2.24) is 23.2 Å². The summed E-state index contributed by atoms with van der Waals surface area (Å²) in [5.41, 5.74) is 6.73. The van der Waals surface area contributed by atoms with Gasteiger partial charge in [-0.3, -0.25) is 9.30 Å². The summed E-state index contributed by atoms with van der Waals surface area (Å²) >= 11 is 0. The summed E-state index contributed by atoms with van der Waals surface area (Å²) in [5.74, 6) is 0.337. The van der Waals surface area contributed by atoms with Gasteiger partial charge in [-0.2, -0.15) is 0 Å². The number of nitrogens with zero attached hydrogens (tertiary/aromatic N) is 5. The van der Waals surface area contributed by atoms with Gasteiger partial charge in [0.15, 0.2) is 11.3 Å². The summed E-state index contributed by atoms with van der Waals surface area (Å²) in [6, 6.07) is 30.7. The van der Waals surface area contributed by atoms with E-state index >= 15 is 0 Å². The zero-order chi connectivity index (χ0) is 29.4. The van der Waals surface area contributed by atoms with E-state index in [9.17, 15) is 8.42 Å². The molecule has 3 heterocycles. The van der Waals surface area contributed by atoms with E-state index in [1.54, 1.807) is 24.5 Å². The Bertz CT molecular complexity index is 1920. The molecule has 0 radical (unpaired) electrons. The van der Waals surface area contributed by atoms with Crippen LogP contribution in [0.3, 0.4) is 0 Å². The molecule has 7 nitrogen and oxygen atoms in total. The summed E-state index contributed by atoms with van der Waals surface area (Å²) in [7, 11) is -3.78. The lowest BCUT2D eigenvalue weighted by Gasteiger charge is -2.37. The second-order valence-electron chi connectivity index (χ2n) is 11.7. The maximum absolute atomic E-state index is 13.5. The molecule has 218 valence electrons. The van der Waals surface area contributed by atoms with Crippen LogP contribution in [-0.4, -0.2) is 37.7 Å². The van der Waals surface area contributed by atoms with Gasteiger partial charge in [0.2, 0.25) is 0 Å². The van der Waals surface area contributed by atoms with Gasteiger partial charge in [0, 0.05) is 43.1 Å². The Morgan fingerprint density at radius 1 is 0.767 bits per heavy atom. The maximum Gasteiger partial charge on any atom is 0.269 e. The normalized spacial score (nSPS) is 17.6. The van der Waals surface area contributed by atoms with Crippen LogP contribution in [0.15, 0.2) is 114 Å². The largest absolute Gasteiger partial charge is 0.292 e. The van der Waals surface area contributed by atoms with Gasteiger partial charge in [-0.1, -0.05) is 78.4 Å². The van der Waals surface area contributed by atoms with Crippen molar-refractivity contribution in [3.05, 3.63) is 132 Å². The van der Waals surface area contributed by atoms with Crippen LogP contribution >= 0.6 is 0 Å². The lowest BCUT2D eigenvalue weighted by Crippen LogP contribution is -2.37. The molecule has 1 fully saturated rings. The Morgan fingerprint density at radius 3 is 2.02 bits per heavy atom. The number of aryl methyl sites for hydroxylation is 1. The minimum atomic E-state index is -3.78. The van der Waals surface area contributed by atoms with Crippen LogP contribution < -0.4 is 0 Å². The van der Waals surface area contributed by atoms with Gasteiger partial charge in [-0.15, -0.1) is 0 Å². The Kier molecular flexibility index (Phi) is 7.33. The molecule has 1 aliphatic rings. The van der Waals surface area contributed by atoms with E-state index in [2.05, 4.69) is 79.9 Å². The average molecular weight is 590 g/mol. The van der Waals surface area contributed by atoms with E-state index in [4.69, 9.17) is 0 Å². The highest BCUT2D eigenvalue weighted by Gasteiger charge is 2.29. The minimum absolute atomic E-state index is 0.247. The second kappa shape index (κ2) is 11.4. The molecular weight excluding hydrogens is 554 g/mol. The van der Waals surface area contributed by atoms with Gasteiger partial charge in [0.1, 0.15) is 0 Å². The molecule has 7 rings (SSSR count). The van der Waals surface area contributed by atoms with Crippen molar-refractivity contribution >= 4 is 26.8 Å². The van der Waals surface area contributed by atoms with Gasteiger partial charge in [0.25, 0.3) is 10.0 Å². The topological polar surface area (TPSA) is 72.5 Å². The zero-order valence-electron chi connectivity index (χ0n) is 24.3. The number of benzene rings is 3. The molecular formula is C35H35N5O2S. The van der Waals surface area contributed by atoms with Crippen molar-refractivity contribution in [2.24, 2.45) is 0 Å². The lowest BCUT2D eigenvalue weighted by atomic mass is 9.83. The van der Waals surface area contributed by atoms with Crippen molar-refractivity contribution in [2.75, 3.05) is 0 Å². The first-order chi connectivity index (χ1) is 21.0. The molecule has 1 saturated carbocycles.